The molecule has 24 heavy (non-hydrogen) atoms. The van der Waals surface area contributed by atoms with Gasteiger partial charge in [0, 0.05) is 24.9 Å². The minimum absolute atomic E-state index is 0.0527. The van der Waals surface area contributed by atoms with Crippen molar-refractivity contribution in [1.29, 1.82) is 0 Å². The van der Waals surface area contributed by atoms with E-state index >= 15 is 0 Å². The van der Waals surface area contributed by atoms with Crippen LogP contribution in [-0.2, 0) is 14.4 Å². The Bertz CT molecular complexity index is 466. The molecule has 0 radical (unpaired) electrons. The first-order chi connectivity index (χ1) is 11.3. The van der Waals surface area contributed by atoms with Gasteiger partial charge in [0.15, 0.2) is 5.78 Å². The Morgan fingerprint density at radius 3 is 2.38 bits per heavy atom. The molecule has 0 aromatic heterocycles. The fourth-order valence-corrected chi connectivity index (χ4v) is 3.82. The quantitative estimate of drug-likeness (QED) is 0.317. The summed E-state index contributed by atoms with van der Waals surface area (Å²) in [6, 6.07) is -0.388. The summed E-state index contributed by atoms with van der Waals surface area (Å²) < 4.78 is 0. The van der Waals surface area contributed by atoms with E-state index in [9.17, 15) is 19.5 Å². The summed E-state index contributed by atoms with van der Waals surface area (Å²) >= 11 is 0. The summed E-state index contributed by atoms with van der Waals surface area (Å²) in [5, 5.41) is 18.2. The van der Waals surface area contributed by atoms with Crippen LogP contribution in [0.1, 0.15) is 39.5 Å². The summed E-state index contributed by atoms with van der Waals surface area (Å²) in [6.07, 6.45) is 1.45. The molecule has 1 saturated carbocycles. The van der Waals surface area contributed by atoms with Gasteiger partial charge >= 0.3 is 5.97 Å². The molecule has 0 bridgehead atoms. The van der Waals surface area contributed by atoms with Crippen molar-refractivity contribution >= 4 is 27.1 Å². The molecule has 1 aliphatic carbocycles. The number of amides is 1. The van der Waals surface area contributed by atoms with Gasteiger partial charge in [0.1, 0.15) is 0 Å². The van der Waals surface area contributed by atoms with Crippen molar-refractivity contribution in [3.05, 3.63) is 0 Å². The maximum Gasteiger partial charge on any atom is 0.307 e. The van der Waals surface area contributed by atoms with E-state index in [0.717, 1.165) is 0 Å². The Kier molecular flexibility index (Phi) is 8.27. The number of carboxylic acids is 1. The van der Waals surface area contributed by atoms with Gasteiger partial charge in [-0.25, -0.2) is 0 Å². The van der Waals surface area contributed by atoms with E-state index in [4.69, 9.17) is 0 Å². The van der Waals surface area contributed by atoms with Crippen LogP contribution in [0.15, 0.2) is 0 Å². The molecule has 1 rings (SSSR count). The molecule has 7 nitrogen and oxygen atoms in total. The molecule has 0 aromatic rings. The summed E-state index contributed by atoms with van der Waals surface area (Å²) in [4.78, 5) is 36.5. The predicted molar refractivity (Wildman–Crippen MR) is 95.4 cm³/mol. The molecule has 0 aromatic carbocycles. The van der Waals surface area contributed by atoms with E-state index in [1.165, 1.54) is 0 Å². The SMILES string of the molecule is CN[C@@H](C)C(=O)C1([C@@H](CCC(=O)NCCNP)C(=O)O)CC(C)C1. The number of nitrogens with one attached hydrogen (secondary N) is 3. The first kappa shape index (κ1) is 21.0. The molecular formula is C16H30N3O4P. The van der Waals surface area contributed by atoms with Crippen LogP contribution < -0.4 is 15.7 Å². The summed E-state index contributed by atoms with van der Waals surface area (Å²) in [5.41, 5.74) is -0.852. The summed E-state index contributed by atoms with van der Waals surface area (Å²) in [7, 11) is 4.05. The third kappa shape index (κ3) is 4.98. The number of carbonyl (C=O) groups is 3. The van der Waals surface area contributed by atoms with Crippen LogP contribution >= 0.6 is 9.39 Å². The first-order valence-electron chi connectivity index (χ1n) is 8.43. The predicted octanol–water partition coefficient (Wildman–Crippen LogP) is 0.557. The lowest BCUT2D eigenvalue weighted by Crippen LogP contribution is -2.56. The molecule has 3 atom stereocenters. The molecule has 138 valence electrons. The van der Waals surface area contributed by atoms with Gasteiger partial charge in [-0.05, 0) is 39.2 Å². The van der Waals surface area contributed by atoms with Crippen LogP contribution in [-0.4, -0.2) is 48.9 Å². The largest absolute Gasteiger partial charge is 0.481 e. The third-order valence-electron chi connectivity index (χ3n) is 4.96. The highest BCUT2D eigenvalue weighted by molar-refractivity contribution is 7.13. The maximum absolute atomic E-state index is 12.8. The highest BCUT2D eigenvalue weighted by atomic mass is 31.0. The average Bonchev–Trinajstić information content (AvgIpc) is 2.51. The number of carbonyl (C=O) groups excluding carboxylic acids is 2. The zero-order chi connectivity index (χ0) is 18.3. The Morgan fingerprint density at radius 1 is 1.29 bits per heavy atom. The Morgan fingerprint density at radius 2 is 1.92 bits per heavy atom. The molecule has 0 saturated heterocycles. The lowest BCUT2D eigenvalue weighted by Gasteiger charge is -2.49. The van der Waals surface area contributed by atoms with E-state index in [1.54, 1.807) is 14.0 Å². The molecule has 0 heterocycles. The number of hydrogen-bond acceptors (Lipinski definition) is 5. The lowest BCUT2D eigenvalue weighted by atomic mass is 9.52. The monoisotopic (exact) mass is 359 g/mol. The smallest absolute Gasteiger partial charge is 0.307 e. The second-order valence-electron chi connectivity index (χ2n) is 6.78. The van der Waals surface area contributed by atoms with Crippen molar-refractivity contribution in [2.75, 3.05) is 20.1 Å². The third-order valence-corrected chi connectivity index (χ3v) is 5.25. The maximum atomic E-state index is 12.8. The van der Waals surface area contributed by atoms with E-state index in [2.05, 4.69) is 25.1 Å². The molecule has 4 N–H and O–H groups in total. The number of likely N-dealkylation sites (N-methyl/N-ethyl adjacent to an activating group) is 1. The lowest BCUT2D eigenvalue weighted by molar-refractivity contribution is -0.162. The van der Waals surface area contributed by atoms with Gasteiger partial charge in [0.05, 0.1) is 12.0 Å². The highest BCUT2D eigenvalue weighted by Gasteiger charge is 2.56. The normalized spacial score (nSPS) is 25.4. The van der Waals surface area contributed by atoms with Crippen LogP contribution in [0.5, 0.6) is 0 Å². The number of rotatable bonds is 11. The second kappa shape index (κ2) is 9.44. The minimum atomic E-state index is -0.988. The van der Waals surface area contributed by atoms with E-state index in [-0.39, 0.29) is 30.6 Å². The number of aliphatic carboxylic acids is 1. The van der Waals surface area contributed by atoms with Gasteiger partial charge in [-0.1, -0.05) is 16.3 Å². The van der Waals surface area contributed by atoms with E-state index < -0.39 is 17.3 Å². The van der Waals surface area contributed by atoms with Gasteiger partial charge in [-0.3, -0.25) is 19.5 Å². The van der Waals surface area contributed by atoms with Gasteiger partial charge in [-0.2, -0.15) is 0 Å². The molecule has 8 heteroatoms. The number of Topliss-reactive ketones (excluding diaryl/α,β-unsaturated/α-hetero) is 1. The Labute approximate surface area is 146 Å². The molecule has 1 aliphatic rings. The number of ketones is 1. The second-order valence-corrected chi connectivity index (χ2v) is 7.19. The van der Waals surface area contributed by atoms with Crippen LogP contribution in [0, 0.1) is 17.3 Å². The standard InChI is InChI=1S/C16H30N3O4P/c1-10-8-16(9-10,14(21)11(2)17-3)12(15(22)23)4-5-13(20)18-6-7-19-24/h10-12,17,19H,4-9,24H2,1-3H3,(H,18,20)(H,22,23)/t10?,11-,12-,16?/m0/s1. The van der Waals surface area contributed by atoms with Crippen LogP contribution in [0.4, 0.5) is 0 Å². The van der Waals surface area contributed by atoms with Crippen LogP contribution in [0.3, 0.4) is 0 Å². The Balaban J connectivity index is 2.78. The van der Waals surface area contributed by atoms with Crippen molar-refractivity contribution in [3.63, 3.8) is 0 Å². The van der Waals surface area contributed by atoms with E-state index in [0.29, 0.717) is 31.8 Å². The summed E-state index contributed by atoms with van der Waals surface area (Å²) in [6.45, 7) is 4.89. The van der Waals surface area contributed by atoms with Gasteiger partial charge in [-0.15, -0.1) is 0 Å². The van der Waals surface area contributed by atoms with Gasteiger partial charge < -0.3 is 15.7 Å². The molecule has 0 spiro atoms. The highest BCUT2D eigenvalue weighted by Crippen LogP contribution is 2.53. The topological polar surface area (TPSA) is 108 Å². The van der Waals surface area contributed by atoms with Gasteiger partial charge in [0.2, 0.25) is 5.91 Å². The fourth-order valence-electron chi connectivity index (χ4n) is 3.68. The zero-order valence-corrected chi connectivity index (χ0v) is 15.9. The number of carboxylic acid groups (broad SMARTS) is 1. The van der Waals surface area contributed by atoms with E-state index in [1.807, 2.05) is 6.92 Å². The molecule has 1 fully saturated rings. The molecule has 1 unspecified atom stereocenters. The van der Waals surface area contributed by atoms with Crippen molar-refractivity contribution in [2.24, 2.45) is 17.3 Å². The van der Waals surface area contributed by atoms with Crippen molar-refractivity contribution in [2.45, 2.75) is 45.6 Å². The van der Waals surface area contributed by atoms with Crippen LogP contribution in [0.25, 0.3) is 0 Å². The summed E-state index contributed by atoms with van der Waals surface area (Å²) in [5.74, 6) is -1.70. The molecule has 0 aliphatic heterocycles. The van der Waals surface area contributed by atoms with Crippen molar-refractivity contribution in [3.8, 4) is 0 Å². The first-order valence-corrected chi connectivity index (χ1v) is 9.00. The fraction of sp³-hybridized carbons (Fsp3) is 0.812. The van der Waals surface area contributed by atoms with Crippen molar-refractivity contribution < 1.29 is 19.5 Å². The van der Waals surface area contributed by atoms with Crippen molar-refractivity contribution in [1.82, 2.24) is 15.7 Å². The molecular weight excluding hydrogens is 329 g/mol. The Hall–Kier alpha value is -1.04. The minimum Gasteiger partial charge on any atom is -0.481 e. The zero-order valence-electron chi connectivity index (χ0n) is 14.7. The molecule has 1 amide bonds. The van der Waals surface area contributed by atoms with Crippen LogP contribution in [0.2, 0.25) is 0 Å². The average molecular weight is 359 g/mol. The van der Waals surface area contributed by atoms with Gasteiger partial charge in [0.25, 0.3) is 0 Å². The number of hydrogen-bond donors (Lipinski definition) is 4.